The summed E-state index contributed by atoms with van der Waals surface area (Å²) in [4.78, 5) is 31.1. The molecule has 4 rings (SSSR count). The molecule has 1 saturated carbocycles. The number of amides is 2. The molecule has 172 valence electrons. The fourth-order valence-electron chi connectivity index (χ4n) is 4.70. The summed E-state index contributed by atoms with van der Waals surface area (Å²) in [5.74, 6) is -0.268. The van der Waals surface area contributed by atoms with Gasteiger partial charge in [-0.1, -0.05) is 12.1 Å². The van der Waals surface area contributed by atoms with Gasteiger partial charge in [0.2, 0.25) is 5.91 Å². The van der Waals surface area contributed by atoms with Gasteiger partial charge in [0.1, 0.15) is 17.6 Å². The molecular formula is C24H32FN5O2. The molecule has 2 heterocycles. The van der Waals surface area contributed by atoms with Gasteiger partial charge in [-0.15, -0.1) is 0 Å². The average molecular weight is 442 g/mol. The van der Waals surface area contributed by atoms with Crippen LogP contribution in [0.1, 0.15) is 73.0 Å². The molecule has 3 atom stereocenters. The Morgan fingerprint density at radius 2 is 1.91 bits per heavy atom. The number of benzene rings is 1. The Hall–Kier alpha value is -2.74. The highest BCUT2D eigenvalue weighted by molar-refractivity contribution is 5.92. The van der Waals surface area contributed by atoms with Gasteiger partial charge < -0.3 is 20.5 Å². The number of rotatable bonds is 10. The van der Waals surface area contributed by atoms with E-state index in [1.165, 1.54) is 23.9 Å². The van der Waals surface area contributed by atoms with Crippen molar-refractivity contribution in [2.45, 2.75) is 62.9 Å². The zero-order chi connectivity index (χ0) is 22.5. The van der Waals surface area contributed by atoms with Crippen molar-refractivity contribution < 1.29 is 14.0 Å². The van der Waals surface area contributed by atoms with Crippen LogP contribution in [0.3, 0.4) is 0 Å². The lowest BCUT2D eigenvalue weighted by Gasteiger charge is -2.31. The maximum Gasteiger partial charge on any atom is 0.267 e. The molecule has 0 radical (unpaired) electrons. The van der Waals surface area contributed by atoms with Crippen molar-refractivity contribution in [2.75, 3.05) is 19.6 Å². The molecule has 0 spiro atoms. The number of hydrogen-bond donors (Lipinski definition) is 2. The topological polar surface area (TPSA) is 93.2 Å². The van der Waals surface area contributed by atoms with E-state index in [4.69, 9.17) is 5.73 Å². The lowest BCUT2D eigenvalue weighted by molar-refractivity contribution is -0.136. The van der Waals surface area contributed by atoms with Crippen molar-refractivity contribution in [2.24, 2.45) is 5.73 Å². The van der Waals surface area contributed by atoms with Crippen LogP contribution in [-0.4, -0.2) is 51.9 Å². The number of aromatic nitrogens is 2. The van der Waals surface area contributed by atoms with Crippen LogP contribution >= 0.6 is 0 Å². The molecule has 1 aromatic heterocycles. The van der Waals surface area contributed by atoms with E-state index in [0.29, 0.717) is 18.4 Å². The Balaban J connectivity index is 1.29. The Morgan fingerprint density at radius 1 is 1.16 bits per heavy atom. The number of piperidine rings is 1. The molecule has 32 heavy (non-hydrogen) atoms. The highest BCUT2D eigenvalue weighted by Gasteiger charge is 2.37. The minimum atomic E-state index is -0.568. The molecule has 2 amide bonds. The van der Waals surface area contributed by atoms with Crippen molar-refractivity contribution in [1.82, 2.24) is 19.8 Å². The molecule has 2 aromatic rings. The molecule has 0 bridgehead atoms. The lowest BCUT2D eigenvalue weighted by Crippen LogP contribution is -2.41. The van der Waals surface area contributed by atoms with Gasteiger partial charge in [0.05, 0.1) is 12.5 Å². The van der Waals surface area contributed by atoms with Crippen molar-refractivity contribution >= 4 is 11.8 Å². The Bertz CT molecular complexity index is 923. The number of hydrogen-bond acceptors (Lipinski definition) is 4. The Labute approximate surface area is 188 Å². The molecule has 7 nitrogen and oxygen atoms in total. The van der Waals surface area contributed by atoms with Crippen molar-refractivity contribution in [3.8, 4) is 0 Å². The molecule has 3 N–H and O–H groups in total. The number of halogens is 1. The van der Waals surface area contributed by atoms with Crippen LogP contribution in [0.4, 0.5) is 4.39 Å². The molecule has 8 heteroatoms. The SMILES string of the molecule is NC(=O)c1cncn1[C@@H](CCCCN[C@@H]1C[C@H]1c1ccc(F)cc1)C(=O)N1CCCCC1. The summed E-state index contributed by atoms with van der Waals surface area (Å²) in [6.07, 6.45) is 9.65. The fraction of sp³-hybridized carbons (Fsp3) is 0.542. The molecule has 1 aromatic carbocycles. The molecule has 0 unspecified atom stereocenters. The first-order chi connectivity index (χ1) is 15.5. The van der Waals surface area contributed by atoms with Gasteiger partial charge in [0.25, 0.3) is 5.91 Å². The zero-order valence-corrected chi connectivity index (χ0v) is 18.4. The largest absolute Gasteiger partial charge is 0.364 e. The van der Waals surface area contributed by atoms with Crippen molar-refractivity contribution in [1.29, 1.82) is 0 Å². The number of nitrogens with two attached hydrogens (primary N) is 1. The van der Waals surface area contributed by atoms with Gasteiger partial charge in [-0.2, -0.15) is 0 Å². The minimum Gasteiger partial charge on any atom is -0.364 e. The second-order valence-electron chi connectivity index (χ2n) is 8.90. The van der Waals surface area contributed by atoms with Crippen molar-refractivity contribution in [3.63, 3.8) is 0 Å². The third kappa shape index (κ3) is 5.35. The number of nitrogens with zero attached hydrogens (tertiary/aromatic N) is 3. The lowest BCUT2D eigenvalue weighted by atomic mass is 10.0. The summed E-state index contributed by atoms with van der Waals surface area (Å²) in [7, 11) is 0. The van der Waals surface area contributed by atoms with Crippen LogP contribution in [0.25, 0.3) is 0 Å². The van der Waals surface area contributed by atoms with E-state index in [2.05, 4.69) is 10.3 Å². The second kappa shape index (κ2) is 10.3. The van der Waals surface area contributed by atoms with Crippen LogP contribution < -0.4 is 11.1 Å². The van der Waals surface area contributed by atoms with Gasteiger partial charge in [0.15, 0.2) is 0 Å². The summed E-state index contributed by atoms with van der Waals surface area (Å²) >= 11 is 0. The van der Waals surface area contributed by atoms with Crippen LogP contribution in [0, 0.1) is 5.82 Å². The number of primary amides is 1. The zero-order valence-electron chi connectivity index (χ0n) is 18.4. The van der Waals surface area contributed by atoms with Crippen LogP contribution in [0.2, 0.25) is 0 Å². The minimum absolute atomic E-state index is 0.0525. The van der Waals surface area contributed by atoms with Gasteiger partial charge in [-0.05, 0) is 69.2 Å². The molecular weight excluding hydrogens is 409 g/mol. The van der Waals surface area contributed by atoms with E-state index in [-0.39, 0.29) is 17.4 Å². The predicted octanol–water partition coefficient (Wildman–Crippen LogP) is 2.99. The van der Waals surface area contributed by atoms with Gasteiger partial charge in [-0.3, -0.25) is 9.59 Å². The maximum atomic E-state index is 13.3. The molecule has 2 aliphatic rings. The Kier molecular flexibility index (Phi) is 7.19. The third-order valence-corrected chi connectivity index (χ3v) is 6.61. The quantitative estimate of drug-likeness (QED) is 0.555. The summed E-state index contributed by atoms with van der Waals surface area (Å²) in [6.45, 7) is 2.40. The summed E-state index contributed by atoms with van der Waals surface area (Å²) in [5.41, 5.74) is 6.96. The fourth-order valence-corrected chi connectivity index (χ4v) is 4.70. The van der Waals surface area contributed by atoms with E-state index >= 15 is 0 Å². The summed E-state index contributed by atoms with van der Waals surface area (Å²) in [6, 6.07) is 6.73. The molecule has 1 aliphatic heterocycles. The molecule has 2 fully saturated rings. The van der Waals surface area contributed by atoms with E-state index in [0.717, 1.165) is 58.2 Å². The van der Waals surface area contributed by atoms with Crippen LogP contribution in [0.5, 0.6) is 0 Å². The molecule has 1 aliphatic carbocycles. The average Bonchev–Trinajstić information content (AvgIpc) is 3.40. The predicted molar refractivity (Wildman–Crippen MR) is 120 cm³/mol. The number of imidazole rings is 1. The van der Waals surface area contributed by atoms with E-state index in [1.54, 1.807) is 10.9 Å². The first-order valence-corrected chi connectivity index (χ1v) is 11.6. The Morgan fingerprint density at radius 3 is 2.62 bits per heavy atom. The van der Waals surface area contributed by atoms with Crippen LogP contribution in [-0.2, 0) is 4.79 Å². The maximum absolute atomic E-state index is 13.3. The van der Waals surface area contributed by atoms with Crippen LogP contribution in [0.15, 0.2) is 36.8 Å². The number of carbonyl (C=O) groups is 2. The second-order valence-corrected chi connectivity index (χ2v) is 8.90. The van der Waals surface area contributed by atoms with E-state index < -0.39 is 11.9 Å². The summed E-state index contributed by atoms with van der Waals surface area (Å²) < 4.78 is 14.7. The highest BCUT2D eigenvalue weighted by Crippen LogP contribution is 2.40. The van der Waals surface area contributed by atoms with E-state index in [1.807, 2.05) is 17.0 Å². The van der Waals surface area contributed by atoms with Gasteiger partial charge in [-0.25, -0.2) is 9.37 Å². The number of likely N-dealkylation sites (tertiary alicyclic amines) is 1. The first kappa shape index (κ1) is 22.5. The normalized spacial score (nSPS) is 21.3. The van der Waals surface area contributed by atoms with E-state index in [9.17, 15) is 14.0 Å². The highest BCUT2D eigenvalue weighted by atomic mass is 19.1. The van der Waals surface area contributed by atoms with Crippen molar-refractivity contribution in [3.05, 3.63) is 53.9 Å². The number of carbonyl (C=O) groups excluding carboxylic acids is 2. The number of nitrogens with one attached hydrogen (secondary N) is 1. The third-order valence-electron chi connectivity index (χ3n) is 6.61. The first-order valence-electron chi connectivity index (χ1n) is 11.6. The smallest absolute Gasteiger partial charge is 0.267 e. The molecule has 1 saturated heterocycles. The number of unbranched alkanes of at least 4 members (excludes halogenated alkanes) is 1. The van der Waals surface area contributed by atoms with Gasteiger partial charge >= 0.3 is 0 Å². The monoisotopic (exact) mass is 441 g/mol. The van der Waals surface area contributed by atoms with Gasteiger partial charge in [0, 0.05) is 25.0 Å². The standard InChI is InChI=1S/C24H32FN5O2/c25-18-9-7-17(8-10-18)19-14-20(19)28-11-3-2-6-21(24(32)29-12-4-1-5-13-29)30-16-27-15-22(30)23(26)31/h7-10,15-16,19-21,28H,1-6,11-14H2,(H2,26,31)/t19-,20+,21-/m0/s1. The summed E-state index contributed by atoms with van der Waals surface area (Å²) in [5, 5.41) is 3.57.